The first-order valence-corrected chi connectivity index (χ1v) is 11.5. The minimum Gasteiger partial charge on any atom is -0.224 e. The minimum atomic E-state index is -3.72. The van der Waals surface area contributed by atoms with Crippen LogP contribution in [0.2, 0.25) is 0 Å². The van der Waals surface area contributed by atoms with Crippen LogP contribution in [0.25, 0.3) is 0 Å². The minimum absolute atomic E-state index is 0.0207. The van der Waals surface area contributed by atoms with Crippen LogP contribution < -0.4 is 0 Å². The Bertz CT molecular complexity index is 954. The van der Waals surface area contributed by atoms with Gasteiger partial charge in [0.2, 0.25) is 10.0 Å². The van der Waals surface area contributed by atoms with Gasteiger partial charge in [-0.3, -0.25) is 0 Å². The Morgan fingerprint density at radius 3 is 2.32 bits per heavy atom. The van der Waals surface area contributed by atoms with Crippen molar-refractivity contribution in [1.82, 2.24) is 4.31 Å². The highest BCUT2D eigenvalue weighted by molar-refractivity contribution is 7.91. The Morgan fingerprint density at radius 1 is 0.960 bits per heavy atom. The summed E-state index contributed by atoms with van der Waals surface area (Å²) in [5.74, 6) is 0. The quantitative estimate of drug-likeness (QED) is 0.800. The molecule has 1 unspecified atom stereocenters. The standard InChI is InChI=1S/C18H21NO4S2/c1-24(20,21)17-10-5-11-18(14-17)25(22,23)19-12-6-9-16(19)13-15-7-3-2-4-8-15/h2-5,7-8,10-11,14,16H,6,9,12-13H2,1H3. The van der Waals surface area contributed by atoms with E-state index in [0.717, 1.165) is 24.7 Å². The monoisotopic (exact) mass is 379 g/mol. The maximum Gasteiger partial charge on any atom is 0.243 e. The van der Waals surface area contributed by atoms with Crippen molar-refractivity contribution < 1.29 is 16.8 Å². The van der Waals surface area contributed by atoms with Crippen molar-refractivity contribution in [3.63, 3.8) is 0 Å². The summed E-state index contributed by atoms with van der Waals surface area (Å²) >= 11 is 0. The molecule has 0 radical (unpaired) electrons. The fourth-order valence-electron chi connectivity index (χ4n) is 3.22. The summed E-state index contributed by atoms with van der Waals surface area (Å²) < 4.78 is 51.1. The molecule has 0 aliphatic carbocycles. The van der Waals surface area contributed by atoms with Gasteiger partial charge in [-0.15, -0.1) is 0 Å². The van der Waals surface area contributed by atoms with Crippen LogP contribution in [0.1, 0.15) is 18.4 Å². The second-order valence-corrected chi connectivity index (χ2v) is 10.3. The van der Waals surface area contributed by atoms with Gasteiger partial charge in [-0.2, -0.15) is 4.31 Å². The van der Waals surface area contributed by atoms with Crippen LogP contribution in [0.15, 0.2) is 64.4 Å². The summed E-state index contributed by atoms with van der Waals surface area (Å²) in [6.45, 7) is 0.461. The zero-order valence-electron chi connectivity index (χ0n) is 14.0. The molecular formula is C18H21NO4S2. The van der Waals surface area contributed by atoms with Gasteiger partial charge < -0.3 is 0 Å². The average Bonchev–Trinajstić information content (AvgIpc) is 3.04. The first-order valence-electron chi connectivity index (χ1n) is 8.14. The number of nitrogens with zero attached hydrogens (tertiary/aromatic N) is 1. The van der Waals surface area contributed by atoms with Gasteiger partial charge in [0.15, 0.2) is 9.84 Å². The summed E-state index contributed by atoms with van der Waals surface area (Å²) in [6.07, 6.45) is 3.35. The third kappa shape index (κ3) is 3.94. The number of sulfone groups is 1. The number of hydrogen-bond donors (Lipinski definition) is 0. The fraction of sp³-hybridized carbons (Fsp3) is 0.333. The highest BCUT2D eigenvalue weighted by Gasteiger charge is 2.35. The van der Waals surface area contributed by atoms with Gasteiger partial charge >= 0.3 is 0 Å². The zero-order chi connectivity index (χ0) is 18.1. The lowest BCUT2D eigenvalue weighted by Gasteiger charge is -2.24. The van der Waals surface area contributed by atoms with Crippen LogP contribution in [0.5, 0.6) is 0 Å². The summed E-state index contributed by atoms with van der Waals surface area (Å²) in [5.41, 5.74) is 1.10. The molecule has 1 aliphatic heterocycles. The van der Waals surface area contributed by atoms with Crippen molar-refractivity contribution in [1.29, 1.82) is 0 Å². The van der Waals surface area contributed by atoms with Crippen molar-refractivity contribution in [2.24, 2.45) is 0 Å². The number of rotatable bonds is 5. The Kier molecular flexibility index (Phi) is 4.99. The first-order chi connectivity index (χ1) is 11.8. The first kappa shape index (κ1) is 18.1. The molecule has 1 heterocycles. The van der Waals surface area contributed by atoms with Crippen LogP contribution in [0, 0.1) is 0 Å². The Hall–Kier alpha value is -1.70. The van der Waals surface area contributed by atoms with E-state index < -0.39 is 19.9 Å². The predicted molar refractivity (Wildman–Crippen MR) is 96.6 cm³/mol. The molecule has 3 rings (SSSR count). The van der Waals surface area contributed by atoms with E-state index >= 15 is 0 Å². The van der Waals surface area contributed by atoms with Gasteiger partial charge in [0.25, 0.3) is 0 Å². The zero-order valence-corrected chi connectivity index (χ0v) is 15.6. The van der Waals surface area contributed by atoms with Gasteiger partial charge in [0.05, 0.1) is 9.79 Å². The van der Waals surface area contributed by atoms with E-state index in [1.54, 1.807) is 0 Å². The third-order valence-corrected chi connectivity index (χ3v) is 7.54. The van der Waals surface area contributed by atoms with Crippen LogP contribution in [0.3, 0.4) is 0 Å². The second kappa shape index (κ2) is 6.90. The van der Waals surface area contributed by atoms with Crippen molar-refractivity contribution in [2.45, 2.75) is 35.1 Å². The Balaban J connectivity index is 1.91. The van der Waals surface area contributed by atoms with Crippen LogP contribution in [0.4, 0.5) is 0 Å². The molecule has 5 nitrogen and oxygen atoms in total. The molecule has 0 amide bonds. The molecule has 2 aromatic carbocycles. The molecule has 1 atom stereocenters. The van der Waals surface area contributed by atoms with Crippen molar-refractivity contribution in [3.8, 4) is 0 Å². The molecule has 134 valence electrons. The normalized spacial score (nSPS) is 19.2. The Morgan fingerprint density at radius 2 is 1.64 bits per heavy atom. The molecule has 2 aromatic rings. The molecule has 7 heteroatoms. The van der Waals surface area contributed by atoms with Crippen LogP contribution in [-0.4, -0.2) is 40.0 Å². The molecule has 1 aliphatic rings. The van der Waals surface area contributed by atoms with Crippen molar-refractivity contribution >= 4 is 19.9 Å². The highest BCUT2D eigenvalue weighted by Crippen LogP contribution is 2.29. The molecule has 1 fully saturated rings. The SMILES string of the molecule is CS(=O)(=O)c1cccc(S(=O)(=O)N2CCCC2Cc2ccccc2)c1. The predicted octanol–water partition coefficient (Wildman–Crippen LogP) is 2.49. The van der Waals surface area contributed by atoms with Crippen molar-refractivity contribution in [3.05, 3.63) is 60.2 Å². The van der Waals surface area contributed by atoms with E-state index in [4.69, 9.17) is 0 Å². The van der Waals surface area contributed by atoms with E-state index in [1.807, 2.05) is 30.3 Å². The molecule has 1 saturated heterocycles. The lowest BCUT2D eigenvalue weighted by Crippen LogP contribution is -2.36. The summed E-state index contributed by atoms with van der Waals surface area (Å²) in [7, 11) is -7.18. The molecule has 0 saturated carbocycles. The smallest absolute Gasteiger partial charge is 0.224 e. The lowest BCUT2D eigenvalue weighted by atomic mass is 10.1. The third-order valence-electron chi connectivity index (χ3n) is 4.48. The van der Waals surface area contributed by atoms with Gasteiger partial charge in [-0.1, -0.05) is 36.4 Å². The van der Waals surface area contributed by atoms with E-state index in [-0.39, 0.29) is 15.8 Å². The van der Waals surface area contributed by atoms with Gasteiger partial charge in [0, 0.05) is 18.8 Å². The summed E-state index contributed by atoms with van der Waals surface area (Å²) in [4.78, 5) is 0.0581. The molecule has 25 heavy (non-hydrogen) atoms. The van der Waals surface area contributed by atoms with E-state index in [1.165, 1.54) is 28.6 Å². The summed E-state index contributed by atoms with van der Waals surface area (Å²) in [6, 6.07) is 15.3. The van der Waals surface area contributed by atoms with E-state index in [0.29, 0.717) is 13.0 Å². The lowest BCUT2D eigenvalue weighted by molar-refractivity contribution is 0.385. The van der Waals surface area contributed by atoms with Crippen LogP contribution in [-0.2, 0) is 26.3 Å². The van der Waals surface area contributed by atoms with Gasteiger partial charge in [-0.25, -0.2) is 16.8 Å². The Labute approximate surface area is 149 Å². The molecular weight excluding hydrogens is 358 g/mol. The number of hydrogen-bond acceptors (Lipinski definition) is 4. The fourth-order valence-corrected chi connectivity index (χ4v) is 5.70. The molecule has 0 aromatic heterocycles. The van der Waals surface area contributed by atoms with Crippen molar-refractivity contribution in [2.75, 3.05) is 12.8 Å². The van der Waals surface area contributed by atoms with E-state index in [9.17, 15) is 16.8 Å². The van der Waals surface area contributed by atoms with E-state index in [2.05, 4.69) is 0 Å². The van der Waals surface area contributed by atoms with Gasteiger partial charge in [0.1, 0.15) is 0 Å². The summed E-state index contributed by atoms with van der Waals surface area (Å²) in [5, 5.41) is 0. The average molecular weight is 380 g/mol. The van der Waals surface area contributed by atoms with Gasteiger partial charge in [-0.05, 0) is 43.0 Å². The molecule has 0 bridgehead atoms. The molecule has 0 N–H and O–H groups in total. The second-order valence-electron chi connectivity index (χ2n) is 6.35. The highest BCUT2D eigenvalue weighted by atomic mass is 32.2. The largest absolute Gasteiger partial charge is 0.243 e. The maximum absolute atomic E-state index is 13.0. The topological polar surface area (TPSA) is 71.5 Å². The molecule has 0 spiro atoms. The number of sulfonamides is 1. The maximum atomic E-state index is 13.0. The number of benzene rings is 2. The van der Waals surface area contributed by atoms with Crippen LogP contribution >= 0.6 is 0 Å².